The number of hydrogen-bond donors (Lipinski definition) is 1. The predicted molar refractivity (Wildman–Crippen MR) is 61.9 cm³/mol. The maximum atomic E-state index is 12.8. The zero-order chi connectivity index (χ0) is 11.5. The van der Waals surface area contributed by atoms with E-state index in [1.54, 1.807) is 23.0 Å². The van der Waals surface area contributed by atoms with Gasteiger partial charge in [-0.05, 0) is 30.7 Å². The molecule has 1 heterocycles. The van der Waals surface area contributed by atoms with Crippen LogP contribution in [0.4, 0.5) is 10.1 Å². The van der Waals surface area contributed by atoms with Crippen molar-refractivity contribution in [3.63, 3.8) is 0 Å². The van der Waals surface area contributed by atoms with Crippen molar-refractivity contribution in [2.45, 2.75) is 19.8 Å². The highest BCUT2D eigenvalue weighted by atomic mass is 19.1. The van der Waals surface area contributed by atoms with E-state index in [2.05, 4.69) is 12.0 Å². The summed E-state index contributed by atoms with van der Waals surface area (Å²) < 4.78 is 14.6. The van der Waals surface area contributed by atoms with Gasteiger partial charge in [-0.3, -0.25) is 0 Å². The number of hydrogen-bond acceptors (Lipinski definition) is 2. The quantitative estimate of drug-likeness (QED) is 0.862. The second-order valence-electron chi connectivity index (χ2n) is 3.68. The number of nitrogens with two attached hydrogens (primary N) is 1. The molecule has 84 valence electrons. The van der Waals surface area contributed by atoms with Crippen LogP contribution in [0.3, 0.4) is 0 Å². The van der Waals surface area contributed by atoms with Crippen LogP contribution < -0.4 is 5.73 Å². The van der Waals surface area contributed by atoms with Crippen molar-refractivity contribution in [1.29, 1.82) is 0 Å². The molecule has 1 aromatic heterocycles. The minimum absolute atomic E-state index is 0.249. The molecule has 2 aromatic rings. The molecule has 0 radical (unpaired) electrons. The molecule has 0 atom stereocenters. The fourth-order valence-corrected chi connectivity index (χ4v) is 1.68. The third-order valence-corrected chi connectivity index (χ3v) is 2.46. The first kappa shape index (κ1) is 10.7. The largest absolute Gasteiger partial charge is 0.396 e. The molecule has 4 heteroatoms. The molecule has 0 bridgehead atoms. The minimum atomic E-state index is -0.249. The van der Waals surface area contributed by atoms with Crippen LogP contribution in [0.1, 0.15) is 19.0 Å². The van der Waals surface area contributed by atoms with E-state index in [0.717, 1.165) is 24.2 Å². The van der Waals surface area contributed by atoms with E-state index in [4.69, 9.17) is 5.73 Å². The Labute approximate surface area is 93.7 Å². The normalized spacial score (nSPS) is 10.6. The van der Waals surface area contributed by atoms with E-state index in [1.807, 2.05) is 0 Å². The first-order valence-electron chi connectivity index (χ1n) is 5.30. The highest BCUT2D eigenvalue weighted by Crippen LogP contribution is 2.18. The lowest BCUT2D eigenvalue weighted by Gasteiger charge is -2.07. The van der Waals surface area contributed by atoms with E-state index in [9.17, 15) is 4.39 Å². The summed E-state index contributed by atoms with van der Waals surface area (Å²) in [7, 11) is 0. The molecule has 0 spiro atoms. The Morgan fingerprint density at radius 1 is 1.31 bits per heavy atom. The number of benzene rings is 1. The van der Waals surface area contributed by atoms with Crippen molar-refractivity contribution in [3.8, 4) is 5.69 Å². The summed E-state index contributed by atoms with van der Waals surface area (Å²) in [5.41, 5.74) is 8.34. The molecule has 0 aliphatic heterocycles. The average molecular weight is 219 g/mol. The summed E-state index contributed by atoms with van der Waals surface area (Å²) in [4.78, 5) is 0. The van der Waals surface area contributed by atoms with Gasteiger partial charge in [-0.15, -0.1) is 0 Å². The van der Waals surface area contributed by atoms with Crippen molar-refractivity contribution >= 4 is 5.69 Å². The van der Waals surface area contributed by atoms with Crippen LogP contribution in [0.5, 0.6) is 0 Å². The standard InChI is InChI=1S/C12H14FN3/c1-2-3-12-11(14)8-15-16(12)10-6-4-9(13)5-7-10/h4-8H,2-3,14H2,1H3. The number of halogens is 1. The van der Waals surface area contributed by atoms with Crippen LogP contribution in [0.25, 0.3) is 5.69 Å². The van der Waals surface area contributed by atoms with Crippen molar-refractivity contribution in [2.24, 2.45) is 0 Å². The van der Waals surface area contributed by atoms with Crippen LogP contribution in [0.15, 0.2) is 30.5 Å². The second-order valence-corrected chi connectivity index (χ2v) is 3.68. The van der Waals surface area contributed by atoms with E-state index < -0.39 is 0 Å². The number of nitrogen functional groups attached to an aromatic ring is 1. The second kappa shape index (κ2) is 4.35. The van der Waals surface area contributed by atoms with Crippen LogP contribution in [0.2, 0.25) is 0 Å². The molecule has 1 aromatic carbocycles. The highest BCUT2D eigenvalue weighted by molar-refractivity contribution is 5.46. The molecule has 0 aliphatic carbocycles. The maximum Gasteiger partial charge on any atom is 0.123 e. The number of rotatable bonds is 3. The molecule has 3 nitrogen and oxygen atoms in total. The SMILES string of the molecule is CCCc1c(N)cnn1-c1ccc(F)cc1. The van der Waals surface area contributed by atoms with Crippen LogP contribution in [-0.4, -0.2) is 9.78 Å². The Balaban J connectivity index is 2.43. The molecular weight excluding hydrogens is 205 g/mol. The monoisotopic (exact) mass is 219 g/mol. The Bertz CT molecular complexity index is 474. The van der Waals surface area contributed by atoms with Crippen LogP contribution in [0, 0.1) is 5.82 Å². The first-order valence-corrected chi connectivity index (χ1v) is 5.30. The Kier molecular flexibility index (Phi) is 2.90. The summed E-state index contributed by atoms with van der Waals surface area (Å²) in [5.74, 6) is -0.249. The molecule has 2 N–H and O–H groups in total. The Morgan fingerprint density at radius 2 is 2.00 bits per heavy atom. The molecule has 0 saturated heterocycles. The van der Waals surface area contributed by atoms with Gasteiger partial charge in [0.25, 0.3) is 0 Å². The summed E-state index contributed by atoms with van der Waals surface area (Å²) in [6, 6.07) is 6.23. The summed E-state index contributed by atoms with van der Waals surface area (Å²) in [5, 5.41) is 4.20. The minimum Gasteiger partial charge on any atom is -0.396 e. The number of nitrogens with zero attached hydrogens (tertiary/aromatic N) is 2. The summed E-state index contributed by atoms with van der Waals surface area (Å²) in [6.45, 7) is 2.08. The van der Waals surface area contributed by atoms with Gasteiger partial charge < -0.3 is 5.73 Å². The van der Waals surface area contributed by atoms with Gasteiger partial charge in [-0.2, -0.15) is 5.10 Å². The lowest BCUT2D eigenvalue weighted by molar-refractivity contribution is 0.626. The molecule has 0 amide bonds. The molecule has 0 saturated carbocycles. The molecule has 0 aliphatic rings. The highest BCUT2D eigenvalue weighted by Gasteiger charge is 2.08. The Hall–Kier alpha value is -1.84. The van der Waals surface area contributed by atoms with Crippen molar-refractivity contribution in [1.82, 2.24) is 9.78 Å². The lowest BCUT2D eigenvalue weighted by atomic mass is 10.2. The summed E-state index contributed by atoms with van der Waals surface area (Å²) >= 11 is 0. The van der Waals surface area contributed by atoms with E-state index in [1.165, 1.54) is 12.1 Å². The van der Waals surface area contributed by atoms with Gasteiger partial charge in [0.1, 0.15) is 5.82 Å². The van der Waals surface area contributed by atoms with Gasteiger partial charge >= 0.3 is 0 Å². The third kappa shape index (κ3) is 1.91. The van der Waals surface area contributed by atoms with Gasteiger partial charge in [-0.1, -0.05) is 13.3 Å². The van der Waals surface area contributed by atoms with Crippen molar-refractivity contribution in [3.05, 3.63) is 42.0 Å². The third-order valence-electron chi connectivity index (χ3n) is 2.46. The Morgan fingerprint density at radius 3 is 2.62 bits per heavy atom. The van der Waals surface area contributed by atoms with Crippen molar-refractivity contribution < 1.29 is 4.39 Å². The van der Waals surface area contributed by atoms with E-state index in [-0.39, 0.29) is 5.82 Å². The smallest absolute Gasteiger partial charge is 0.123 e. The van der Waals surface area contributed by atoms with Gasteiger partial charge in [-0.25, -0.2) is 9.07 Å². The molecule has 16 heavy (non-hydrogen) atoms. The van der Waals surface area contributed by atoms with E-state index in [0.29, 0.717) is 5.69 Å². The van der Waals surface area contributed by atoms with Crippen molar-refractivity contribution in [2.75, 3.05) is 5.73 Å². The fourth-order valence-electron chi connectivity index (χ4n) is 1.68. The lowest BCUT2D eigenvalue weighted by Crippen LogP contribution is -2.03. The molecule has 0 unspecified atom stereocenters. The number of aromatic nitrogens is 2. The fraction of sp³-hybridized carbons (Fsp3) is 0.250. The predicted octanol–water partition coefficient (Wildman–Crippen LogP) is 2.55. The zero-order valence-corrected chi connectivity index (χ0v) is 9.15. The van der Waals surface area contributed by atoms with Gasteiger partial charge in [0.2, 0.25) is 0 Å². The topological polar surface area (TPSA) is 43.8 Å². The zero-order valence-electron chi connectivity index (χ0n) is 9.15. The van der Waals surface area contributed by atoms with Crippen LogP contribution >= 0.6 is 0 Å². The molecular formula is C12H14FN3. The first-order chi connectivity index (χ1) is 7.72. The maximum absolute atomic E-state index is 12.8. The van der Waals surface area contributed by atoms with E-state index >= 15 is 0 Å². The van der Waals surface area contributed by atoms with Gasteiger partial charge in [0, 0.05) is 0 Å². The van der Waals surface area contributed by atoms with Crippen LogP contribution in [-0.2, 0) is 6.42 Å². The van der Waals surface area contributed by atoms with Gasteiger partial charge in [0.15, 0.2) is 0 Å². The molecule has 2 rings (SSSR count). The molecule has 0 fully saturated rings. The average Bonchev–Trinajstić information content (AvgIpc) is 2.63. The summed E-state index contributed by atoms with van der Waals surface area (Å²) in [6.07, 6.45) is 3.49. The number of anilines is 1. The van der Waals surface area contributed by atoms with Gasteiger partial charge in [0.05, 0.1) is 23.3 Å².